The molecule has 0 radical (unpaired) electrons. The second kappa shape index (κ2) is 11.3. The number of aryl methyl sites for hydroxylation is 3. The Morgan fingerprint density at radius 2 is 1.29 bits per heavy atom. The molecular weight excluding hydrogens is 338 g/mol. The molecule has 2 fully saturated rings. The van der Waals surface area contributed by atoms with Crippen molar-refractivity contribution in [1.29, 1.82) is 0 Å². The van der Waals surface area contributed by atoms with Crippen LogP contribution in [0.5, 0.6) is 0 Å². The Morgan fingerprint density at radius 3 is 1.79 bits per heavy atom. The molecule has 0 unspecified atom stereocenters. The van der Waals surface area contributed by atoms with E-state index in [1.165, 1.54) is 74.0 Å². The summed E-state index contributed by atoms with van der Waals surface area (Å²) in [5.41, 5.74) is 6.48. The van der Waals surface area contributed by atoms with Crippen LogP contribution in [0.25, 0.3) is 0 Å². The summed E-state index contributed by atoms with van der Waals surface area (Å²) in [4.78, 5) is 2.60. The second-order valence-corrected chi connectivity index (χ2v) is 8.26. The molecule has 0 N–H and O–H groups in total. The van der Waals surface area contributed by atoms with Crippen LogP contribution in [0.2, 0.25) is 0 Å². The average molecular weight is 380 g/mol. The summed E-state index contributed by atoms with van der Waals surface area (Å²) in [6.45, 7) is 13.1. The monoisotopic (exact) mass is 379 g/mol. The molecule has 1 nitrogen and oxygen atoms in total. The first-order chi connectivity index (χ1) is 13.6. The fourth-order valence-corrected chi connectivity index (χ4v) is 4.77. The molecule has 0 aromatic heterocycles. The molecular formula is C27H41N. The van der Waals surface area contributed by atoms with E-state index in [0.29, 0.717) is 0 Å². The van der Waals surface area contributed by atoms with E-state index in [2.05, 4.69) is 74.2 Å². The summed E-state index contributed by atoms with van der Waals surface area (Å²) >= 11 is 0. The van der Waals surface area contributed by atoms with Gasteiger partial charge in [-0.25, -0.2) is 0 Å². The number of nitrogens with zero attached hydrogens (tertiary/aromatic N) is 1. The number of benzene rings is 2. The molecule has 1 saturated heterocycles. The van der Waals surface area contributed by atoms with Gasteiger partial charge in [0.2, 0.25) is 0 Å². The SMILES string of the molecule is CC.CCc1ccccc1C.Cc1ccccc1N1CCC2(CCCC2)CC1. The first kappa shape index (κ1) is 22.5. The van der Waals surface area contributed by atoms with Crippen LogP contribution < -0.4 is 4.90 Å². The van der Waals surface area contributed by atoms with Crippen LogP contribution in [0.4, 0.5) is 5.69 Å². The second-order valence-electron chi connectivity index (χ2n) is 8.26. The lowest BCUT2D eigenvalue weighted by atomic mass is 9.77. The lowest BCUT2D eigenvalue weighted by Crippen LogP contribution is -2.39. The maximum atomic E-state index is 2.60. The van der Waals surface area contributed by atoms with Crippen LogP contribution in [0, 0.1) is 19.3 Å². The molecule has 1 aliphatic heterocycles. The van der Waals surface area contributed by atoms with Crippen LogP contribution >= 0.6 is 0 Å². The fourth-order valence-electron chi connectivity index (χ4n) is 4.77. The molecule has 28 heavy (non-hydrogen) atoms. The lowest BCUT2D eigenvalue weighted by Gasteiger charge is -2.41. The smallest absolute Gasteiger partial charge is 0.0395 e. The standard InChI is InChI=1S/C16H23N.C9H12.C2H6/c1-14-6-2-3-7-15(14)17-12-10-16(11-13-17)8-4-5-9-16;1-3-9-7-5-4-6-8(9)2;1-2/h2-3,6-7H,4-5,8-13H2,1H3;4-7H,3H2,1-2H3;1-2H3. The quantitative estimate of drug-likeness (QED) is 0.516. The molecule has 4 rings (SSSR count). The molecule has 1 heteroatoms. The van der Waals surface area contributed by atoms with Crippen LogP contribution in [0.15, 0.2) is 48.5 Å². The van der Waals surface area contributed by atoms with Crippen molar-refractivity contribution < 1.29 is 0 Å². The summed E-state index contributed by atoms with van der Waals surface area (Å²) in [5, 5.41) is 0. The predicted octanol–water partition coefficient (Wildman–Crippen LogP) is 7.74. The average Bonchev–Trinajstić information content (AvgIpc) is 3.20. The third kappa shape index (κ3) is 5.87. The first-order valence-corrected chi connectivity index (χ1v) is 11.5. The highest BCUT2D eigenvalue weighted by atomic mass is 15.1. The summed E-state index contributed by atoms with van der Waals surface area (Å²) in [6.07, 6.45) is 9.92. The Labute approximate surface area is 174 Å². The fraction of sp³-hybridized carbons (Fsp3) is 0.556. The Bertz CT molecular complexity index is 687. The summed E-state index contributed by atoms with van der Waals surface area (Å²) < 4.78 is 0. The number of para-hydroxylation sites is 1. The Hall–Kier alpha value is -1.76. The number of hydrogen-bond acceptors (Lipinski definition) is 1. The van der Waals surface area contributed by atoms with E-state index in [1.807, 2.05) is 13.8 Å². The van der Waals surface area contributed by atoms with Crippen molar-refractivity contribution in [3.63, 3.8) is 0 Å². The zero-order valence-electron chi connectivity index (χ0n) is 18.9. The number of rotatable bonds is 2. The van der Waals surface area contributed by atoms with Gasteiger partial charge in [-0.15, -0.1) is 0 Å². The van der Waals surface area contributed by atoms with Crippen molar-refractivity contribution in [2.45, 2.75) is 79.6 Å². The minimum Gasteiger partial charge on any atom is -0.371 e. The molecule has 0 bridgehead atoms. The molecule has 1 spiro atoms. The number of piperidine rings is 1. The van der Waals surface area contributed by atoms with Crippen LogP contribution in [0.3, 0.4) is 0 Å². The van der Waals surface area contributed by atoms with Crippen molar-refractivity contribution in [1.82, 2.24) is 0 Å². The van der Waals surface area contributed by atoms with Gasteiger partial charge in [0.1, 0.15) is 0 Å². The minimum atomic E-state index is 0.735. The zero-order chi connectivity index (χ0) is 20.4. The van der Waals surface area contributed by atoms with E-state index in [-0.39, 0.29) is 0 Å². The first-order valence-electron chi connectivity index (χ1n) is 11.5. The topological polar surface area (TPSA) is 3.24 Å². The van der Waals surface area contributed by atoms with Crippen LogP contribution in [-0.2, 0) is 6.42 Å². The highest BCUT2D eigenvalue weighted by Crippen LogP contribution is 2.46. The molecule has 2 aliphatic rings. The molecule has 1 saturated carbocycles. The van der Waals surface area contributed by atoms with E-state index in [9.17, 15) is 0 Å². The van der Waals surface area contributed by atoms with E-state index >= 15 is 0 Å². The van der Waals surface area contributed by atoms with Crippen LogP contribution in [0.1, 0.15) is 76.0 Å². The maximum Gasteiger partial charge on any atom is 0.0395 e. The zero-order valence-corrected chi connectivity index (χ0v) is 18.9. The Kier molecular flexibility index (Phi) is 9.09. The van der Waals surface area contributed by atoms with Gasteiger partial charge in [0.05, 0.1) is 0 Å². The van der Waals surface area contributed by atoms with Crippen molar-refractivity contribution >= 4 is 5.69 Å². The van der Waals surface area contributed by atoms with Gasteiger partial charge in [-0.1, -0.05) is 76.1 Å². The van der Waals surface area contributed by atoms with Gasteiger partial charge in [-0.05, 0) is 74.1 Å². The van der Waals surface area contributed by atoms with E-state index in [1.54, 1.807) is 0 Å². The van der Waals surface area contributed by atoms with Crippen molar-refractivity contribution in [3.05, 3.63) is 65.2 Å². The lowest BCUT2D eigenvalue weighted by molar-refractivity contribution is 0.226. The Balaban J connectivity index is 0.000000216. The van der Waals surface area contributed by atoms with E-state index in [0.717, 1.165) is 11.8 Å². The van der Waals surface area contributed by atoms with Gasteiger partial charge < -0.3 is 4.90 Å². The van der Waals surface area contributed by atoms with Gasteiger partial charge in [-0.2, -0.15) is 0 Å². The van der Waals surface area contributed by atoms with Crippen molar-refractivity contribution in [2.75, 3.05) is 18.0 Å². The predicted molar refractivity (Wildman–Crippen MR) is 125 cm³/mol. The number of anilines is 1. The van der Waals surface area contributed by atoms with Gasteiger partial charge in [-0.3, -0.25) is 0 Å². The van der Waals surface area contributed by atoms with Gasteiger partial charge in [0.25, 0.3) is 0 Å². The summed E-state index contributed by atoms with van der Waals surface area (Å²) in [5.74, 6) is 0. The molecule has 2 aromatic rings. The summed E-state index contributed by atoms with van der Waals surface area (Å²) in [7, 11) is 0. The number of hydrogen-bond donors (Lipinski definition) is 0. The molecule has 1 aliphatic carbocycles. The van der Waals surface area contributed by atoms with Crippen molar-refractivity contribution in [2.24, 2.45) is 5.41 Å². The minimum absolute atomic E-state index is 0.735. The maximum absolute atomic E-state index is 2.60. The summed E-state index contributed by atoms with van der Waals surface area (Å²) in [6, 6.07) is 17.3. The van der Waals surface area contributed by atoms with Crippen LogP contribution in [-0.4, -0.2) is 13.1 Å². The van der Waals surface area contributed by atoms with Crippen molar-refractivity contribution in [3.8, 4) is 0 Å². The van der Waals surface area contributed by atoms with Gasteiger partial charge in [0, 0.05) is 18.8 Å². The molecule has 154 valence electrons. The molecule has 0 atom stereocenters. The third-order valence-electron chi connectivity index (χ3n) is 6.59. The molecule has 0 amide bonds. The normalized spacial score (nSPS) is 17.4. The highest BCUT2D eigenvalue weighted by Gasteiger charge is 2.36. The molecule has 1 heterocycles. The van der Waals surface area contributed by atoms with E-state index in [4.69, 9.17) is 0 Å². The van der Waals surface area contributed by atoms with Gasteiger partial charge in [0.15, 0.2) is 0 Å². The van der Waals surface area contributed by atoms with E-state index < -0.39 is 0 Å². The third-order valence-corrected chi connectivity index (χ3v) is 6.59. The van der Waals surface area contributed by atoms with Gasteiger partial charge >= 0.3 is 0 Å². The largest absolute Gasteiger partial charge is 0.371 e. The Morgan fingerprint density at radius 1 is 0.750 bits per heavy atom. The molecule has 2 aromatic carbocycles. The highest BCUT2D eigenvalue weighted by molar-refractivity contribution is 5.53.